The van der Waals surface area contributed by atoms with Crippen molar-refractivity contribution in [1.29, 1.82) is 0 Å². The van der Waals surface area contributed by atoms with E-state index < -0.39 is 74.5 Å². The molecular formula is C33H20F10N2. The number of alkyl halides is 6. The van der Waals surface area contributed by atoms with Gasteiger partial charge in [0.2, 0.25) is 0 Å². The van der Waals surface area contributed by atoms with Crippen LogP contribution in [0.5, 0.6) is 0 Å². The molecule has 3 aromatic carbocycles. The van der Waals surface area contributed by atoms with Gasteiger partial charge in [-0.3, -0.25) is 4.98 Å². The first-order valence-electron chi connectivity index (χ1n) is 13.2. The van der Waals surface area contributed by atoms with Gasteiger partial charge in [-0.05, 0) is 54.1 Å². The number of aromatic nitrogens is 2. The van der Waals surface area contributed by atoms with Gasteiger partial charge in [-0.1, -0.05) is 44.2 Å². The Hall–Kier alpha value is -4.74. The molecule has 0 bridgehead atoms. The van der Waals surface area contributed by atoms with Crippen LogP contribution >= 0.6 is 0 Å². The van der Waals surface area contributed by atoms with Crippen molar-refractivity contribution in [1.82, 2.24) is 9.97 Å². The summed E-state index contributed by atoms with van der Waals surface area (Å²) in [5.41, 5.74) is -7.49. The van der Waals surface area contributed by atoms with E-state index in [9.17, 15) is 35.1 Å². The topological polar surface area (TPSA) is 25.8 Å². The van der Waals surface area contributed by atoms with Gasteiger partial charge in [-0.25, -0.2) is 22.5 Å². The molecule has 12 heteroatoms. The molecule has 0 N–H and O–H groups in total. The fourth-order valence-electron chi connectivity index (χ4n) is 4.98. The highest BCUT2D eigenvalue weighted by Crippen LogP contribution is 2.44. The maximum absolute atomic E-state index is 15.4. The molecule has 0 saturated carbocycles. The Morgan fingerprint density at radius 2 is 1.18 bits per heavy atom. The van der Waals surface area contributed by atoms with Crippen molar-refractivity contribution >= 4 is 0 Å². The molecule has 0 radical (unpaired) electrons. The zero-order chi connectivity index (χ0) is 32.9. The monoisotopic (exact) mass is 634 g/mol. The lowest BCUT2D eigenvalue weighted by atomic mass is 9.80. The summed E-state index contributed by atoms with van der Waals surface area (Å²) in [6.45, 7) is 3.84. The smallest absolute Gasteiger partial charge is 0.260 e. The summed E-state index contributed by atoms with van der Waals surface area (Å²) in [7, 11) is 0. The summed E-state index contributed by atoms with van der Waals surface area (Å²) < 4.78 is 141. The second-order valence-electron chi connectivity index (χ2n) is 10.6. The molecule has 5 aromatic rings. The van der Waals surface area contributed by atoms with Crippen molar-refractivity contribution < 1.29 is 43.9 Å². The Balaban J connectivity index is 1.69. The summed E-state index contributed by atoms with van der Waals surface area (Å²) in [5.74, 6) is -8.91. The fourth-order valence-corrected chi connectivity index (χ4v) is 4.98. The van der Waals surface area contributed by atoms with Gasteiger partial charge in [-0.2, -0.15) is 26.3 Å². The molecule has 0 spiro atoms. The van der Waals surface area contributed by atoms with Crippen molar-refractivity contribution in [2.75, 3.05) is 0 Å². The van der Waals surface area contributed by atoms with Crippen LogP contribution in [-0.2, 0) is 17.8 Å². The van der Waals surface area contributed by atoms with E-state index in [0.717, 1.165) is 17.3 Å². The Labute approximate surface area is 250 Å². The second-order valence-corrected chi connectivity index (χ2v) is 10.6. The Morgan fingerprint density at radius 1 is 0.556 bits per heavy atom. The van der Waals surface area contributed by atoms with Gasteiger partial charge in [0.1, 0.15) is 34.4 Å². The van der Waals surface area contributed by atoms with Crippen LogP contribution in [0.4, 0.5) is 43.9 Å². The number of nitrogens with zero attached hydrogens (tertiary/aromatic N) is 2. The summed E-state index contributed by atoms with van der Waals surface area (Å²) in [6, 6.07) is 17.2. The highest BCUT2D eigenvalue weighted by atomic mass is 19.4. The predicted molar refractivity (Wildman–Crippen MR) is 147 cm³/mol. The summed E-state index contributed by atoms with van der Waals surface area (Å²) in [5, 5.41) is 0. The molecule has 45 heavy (non-hydrogen) atoms. The molecule has 0 fully saturated rings. The van der Waals surface area contributed by atoms with E-state index >= 15 is 8.78 Å². The van der Waals surface area contributed by atoms with Crippen LogP contribution in [0, 0.1) is 23.3 Å². The summed E-state index contributed by atoms with van der Waals surface area (Å²) in [4.78, 5) is 8.67. The zero-order valence-electron chi connectivity index (χ0n) is 23.3. The third-order valence-corrected chi connectivity index (χ3v) is 7.36. The van der Waals surface area contributed by atoms with Gasteiger partial charge in [0, 0.05) is 33.9 Å². The molecule has 5 rings (SSSR count). The van der Waals surface area contributed by atoms with Crippen LogP contribution in [-0.4, -0.2) is 9.97 Å². The van der Waals surface area contributed by atoms with Crippen LogP contribution in [0.3, 0.4) is 0 Å². The van der Waals surface area contributed by atoms with Crippen molar-refractivity contribution in [2.24, 2.45) is 0 Å². The number of hydrogen-bond acceptors (Lipinski definition) is 2. The van der Waals surface area contributed by atoms with E-state index in [4.69, 9.17) is 0 Å². The van der Waals surface area contributed by atoms with E-state index in [2.05, 4.69) is 9.97 Å². The largest absolute Gasteiger partial charge is 0.422 e. The molecule has 232 valence electrons. The van der Waals surface area contributed by atoms with Gasteiger partial charge in [0.15, 0.2) is 0 Å². The van der Waals surface area contributed by atoms with Crippen LogP contribution in [0.2, 0.25) is 0 Å². The molecule has 0 amide bonds. The lowest BCUT2D eigenvalue weighted by Crippen LogP contribution is -2.20. The Kier molecular flexibility index (Phi) is 7.97. The minimum Gasteiger partial charge on any atom is -0.260 e. The van der Waals surface area contributed by atoms with E-state index in [1.165, 1.54) is 12.1 Å². The summed E-state index contributed by atoms with van der Waals surface area (Å²) >= 11 is 0. The highest BCUT2D eigenvalue weighted by molar-refractivity contribution is 5.76. The molecule has 2 heterocycles. The van der Waals surface area contributed by atoms with Gasteiger partial charge >= 0.3 is 12.4 Å². The van der Waals surface area contributed by atoms with Gasteiger partial charge in [0.25, 0.3) is 0 Å². The maximum Gasteiger partial charge on any atom is 0.422 e. The molecule has 2 nitrogen and oxygen atoms in total. The van der Waals surface area contributed by atoms with Crippen LogP contribution in [0.1, 0.15) is 36.2 Å². The first kappa shape index (κ1) is 31.7. The fraction of sp³-hybridized carbons (Fsp3) is 0.152. The van der Waals surface area contributed by atoms with Gasteiger partial charge < -0.3 is 0 Å². The standard InChI is InChI=1S/C33H20F10N2/c1-31(2,25-11-3-4-14-44-25)18-8-5-7-17(15-18)23-9-6-10-24(45-23)21-16-20(29(36)27(30(21)37)33(41,42)43)19-12-13-22(34)26(28(19)35)32(38,39)40/h3-16H,1-2H3. The maximum atomic E-state index is 15.4. The van der Waals surface area contributed by atoms with Gasteiger partial charge in [0.05, 0.1) is 17.1 Å². The quantitative estimate of drug-likeness (QED) is 0.180. The van der Waals surface area contributed by atoms with E-state index in [1.54, 1.807) is 30.5 Å². The third-order valence-electron chi connectivity index (χ3n) is 7.36. The van der Waals surface area contributed by atoms with E-state index in [0.29, 0.717) is 17.7 Å². The third kappa shape index (κ3) is 5.88. The lowest BCUT2D eigenvalue weighted by Gasteiger charge is -2.25. The number of hydrogen-bond donors (Lipinski definition) is 0. The SMILES string of the molecule is CC(C)(c1cccc(-c2cccc(-c3cc(-c4ccc(F)c(C(F)(F)F)c4F)c(F)c(C(F)(F)F)c3F)n2)c1)c1ccccn1. The van der Waals surface area contributed by atoms with Crippen molar-refractivity contribution in [2.45, 2.75) is 31.6 Å². The van der Waals surface area contributed by atoms with Crippen LogP contribution in [0.15, 0.2) is 85.1 Å². The molecular weight excluding hydrogens is 614 g/mol. The molecule has 0 saturated heterocycles. The zero-order valence-corrected chi connectivity index (χ0v) is 23.3. The first-order valence-corrected chi connectivity index (χ1v) is 13.2. The van der Waals surface area contributed by atoms with Crippen molar-refractivity contribution in [3.05, 3.63) is 131 Å². The molecule has 0 atom stereocenters. The first-order chi connectivity index (χ1) is 21.0. The van der Waals surface area contributed by atoms with Gasteiger partial charge in [-0.15, -0.1) is 0 Å². The number of rotatable bonds is 5. The average Bonchev–Trinajstić information content (AvgIpc) is 2.97. The number of halogens is 10. The van der Waals surface area contributed by atoms with E-state index in [-0.39, 0.29) is 11.8 Å². The number of benzene rings is 3. The Morgan fingerprint density at radius 3 is 1.82 bits per heavy atom. The minimum absolute atomic E-state index is 0.134. The second kappa shape index (κ2) is 11.3. The molecule has 0 unspecified atom stereocenters. The minimum atomic E-state index is -5.69. The summed E-state index contributed by atoms with van der Waals surface area (Å²) in [6.07, 6.45) is -9.66. The average molecular weight is 635 g/mol. The van der Waals surface area contributed by atoms with Crippen molar-refractivity contribution in [3.63, 3.8) is 0 Å². The highest BCUT2D eigenvalue weighted by Gasteiger charge is 2.43. The molecule has 2 aromatic heterocycles. The lowest BCUT2D eigenvalue weighted by molar-refractivity contribution is -0.143. The normalized spacial score (nSPS) is 12.4. The molecule has 0 aliphatic rings. The van der Waals surface area contributed by atoms with Crippen LogP contribution < -0.4 is 0 Å². The molecule has 0 aliphatic heterocycles. The van der Waals surface area contributed by atoms with Crippen molar-refractivity contribution in [3.8, 4) is 33.6 Å². The Bertz CT molecular complexity index is 1900. The predicted octanol–water partition coefficient (Wildman–Crippen LogP) is 10.4. The van der Waals surface area contributed by atoms with E-state index in [1.807, 2.05) is 32.0 Å². The molecule has 0 aliphatic carbocycles. The number of pyridine rings is 2. The van der Waals surface area contributed by atoms with Crippen LogP contribution in [0.25, 0.3) is 33.6 Å².